The molecule has 0 heterocycles. The first-order chi connectivity index (χ1) is 9.31. The van der Waals surface area contributed by atoms with Crippen LogP contribution in [0.5, 0.6) is 0 Å². The van der Waals surface area contributed by atoms with Gasteiger partial charge < -0.3 is 18.9 Å². The van der Waals surface area contributed by atoms with E-state index in [1.54, 1.807) is 7.11 Å². The third-order valence-electron chi connectivity index (χ3n) is 2.28. The lowest BCUT2D eigenvalue weighted by Gasteiger charge is -2.06. The predicted molar refractivity (Wildman–Crippen MR) is 70.5 cm³/mol. The summed E-state index contributed by atoms with van der Waals surface area (Å²) in [5.41, 5.74) is 2.09. The van der Waals surface area contributed by atoms with Gasteiger partial charge >= 0.3 is 0 Å². The van der Waals surface area contributed by atoms with Gasteiger partial charge in [-0.1, -0.05) is 0 Å². The highest BCUT2D eigenvalue weighted by Gasteiger charge is 1.97. The number of nitrogens with one attached hydrogen (secondary N) is 1. The van der Waals surface area contributed by atoms with E-state index in [2.05, 4.69) is 5.43 Å². The van der Waals surface area contributed by atoms with Gasteiger partial charge in [-0.2, -0.15) is 0 Å². The quantitative estimate of drug-likeness (QED) is 0.199. The van der Waals surface area contributed by atoms with Crippen molar-refractivity contribution in [3.05, 3.63) is 0 Å². The van der Waals surface area contributed by atoms with E-state index in [0.717, 1.165) is 12.8 Å². The van der Waals surface area contributed by atoms with Crippen molar-refractivity contribution in [3.63, 3.8) is 0 Å². The first kappa shape index (κ1) is 18.3. The monoisotopic (exact) mass is 278 g/mol. The summed E-state index contributed by atoms with van der Waals surface area (Å²) in [6.07, 6.45) is 2.06. The molecule has 0 radical (unpaired) electrons. The van der Waals surface area contributed by atoms with Crippen LogP contribution in [0.3, 0.4) is 0 Å². The zero-order valence-electron chi connectivity index (χ0n) is 11.7. The van der Waals surface area contributed by atoms with E-state index >= 15 is 0 Å². The van der Waals surface area contributed by atoms with Gasteiger partial charge in [-0.3, -0.25) is 10.2 Å². The number of carbonyl (C=O) groups is 1. The second-order valence-corrected chi connectivity index (χ2v) is 3.85. The number of methoxy groups -OCH3 is 1. The summed E-state index contributed by atoms with van der Waals surface area (Å²) in [5.74, 6) is 4.81. The zero-order valence-corrected chi connectivity index (χ0v) is 11.7. The van der Waals surface area contributed by atoms with Crippen molar-refractivity contribution in [1.29, 1.82) is 0 Å². The van der Waals surface area contributed by atoms with Crippen molar-refractivity contribution in [1.82, 2.24) is 5.43 Å². The smallest absolute Gasteiger partial charge is 0.233 e. The number of hydrogen-bond donors (Lipinski definition) is 2. The molecular formula is C12H26N2O5. The molecule has 7 heteroatoms. The van der Waals surface area contributed by atoms with Crippen LogP contribution < -0.4 is 11.3 Å². The molecule has 0 aromatic carbocycles. The Kier molecular flexibility index (Phi) is 14.7. The second-order valence-electron chi connectivity index (χ2n) is 3.85. The largest absolute Gasteiger partial charge is 0.382 e. The maximum absolute atomic E-state index is 10.8. The fraction of sp³-hybridized carbons (Fsp3) is 0.917. The molecule has 0 spiro atoms. The van der Waals surface area contributed by atoms with E-state index in [4.69, 9.17) is 24.8 Å². The van der Waals surface area contributed by atoms with Gasteiger partial charge in [-0.05, 0) is 12.8 Å². The highest BCUT2D eigenvalue weighted by atomic mass is 16.6. The molecule has 0 bridgehead atoms. The van der Waals surface area contributed by atoms with E-state index in [0.29, 0.717) is 52.7 Å². The molecule has 114 valence electrons. The van der Waals surface area contributed by atoms with E-state index in [1.165, 1.54) is 0 Å². The highest BCUT2D eigenvalue weighted by molar-refractivity contribution is 5.74. The van der Waals surface area contributed by atoms with Gasteiger partial charge in [0.15, 0.2) is 0 Å². The fourth-order valence-corrected chi connectivity index (χ4v) is 1.25. The number of ether oxygens (including phenoxy) is 4. The predicted octanol–water partition coefficient (Wildman–Crippen LogP) is -0.157. The van der Waals surface area contributed by atoms with Gasteiger partial charge in [0.05, 0.1) is 39.6 Å². The lowest BCUT2D eigenvalue weighted by atomic mass is 10.2. The van der Waals surface area contributed by atoms with Gasteiger partial charge in [0, 0.05) is 20.1 Å². The maximum Gasteiger partial charge on any atom is 0.233 e. The first-order valence-corrected chi connectivity index (χ1v) is 6.53. The molecular weight excluding hydrogens is 252 g/mol. The van der Waals surface area contributed by atoms with Gasteiger partial charge in [-0.25, -0.2) is 5.84 Å². The van der Waals surface area contributed by atoms with Crippen LogP contribution in [0.2, 0.25) is 0 Å². The molecule has 0 saturated carbocycles. The number of amides is 1. The number of unbranched alkanes of at least 4 members (excludes halogenated alkanes) is 1. The second kappa shape index (κ2) is 15.3. The standard InChI is InChI=1S/C12H26N2O5/c1-16-6-7-18-10-11-19-9-8-17-5-3-2-4-12(15)14-13/h2-11,13H2,1H3,(H,14,15). The molecule has 19 heavy (non-hydrogen) atoms. The molecule has 0 saturated heterocycles. The molecule has 0 fully saturated rings. The van der Waals surface area contributed by atoms with Crippen LogP contribution in [-0.4, -0.2) is 59.3 Å². The SMILES string of the molecule is COCCOCCOCCOCCCCC(=O)NN. The van der Waals surface area contributed by atoms with Gasteiger partial charge in [0.25, 0.3) is 0 Å². The topological polar surface area (TPSA) is 92.0 Å². The number of hydrogen-bond acceptors (Lipinski definition) is 6. The maximum atomic E-state index is 10.8. The number of carbonyl (C=O) groups excluding carboxylic acids is 1. The molecule has 0 atom stereocenters. The van der Waals surface area contributed by atoms with Crippen LogP contribution in [-0.2, 0) is 23.7 Å². The highest BCUT2D eigenvalue weighted by Crippen LogP contribution is 1.95. The van der Waals surface area contributed by atoms with Crippen LogP contribution in [0.1, 0.15) is 19.3 Å². The summed E-state index contributed by atoms with van der Waals surface area (Å²) in [6, 6.07) is 0. The molecule has 7 nitrogen and oxygen atoms in total. The first-order valence-electron chi connectivity index (χ1n) is 6.53. The average Bonchev–Trinajstić information content (AvgIpc) is 2.43. The Hall–Kier alpha value is -0.730. The van der Waals surface area contributed by atoms with Crippen molar-refractivity contribution < 1.29 is 23.7 Å². The van der Waals surface area contributed by atoms with Crippen molar-refractivity contribution in [2.24, 2.45) is 5.84 Å². The van der Waals surface area contributed by atoms with Gasteiger partial charge in [0.1, 0.15) is 0 Å². The number of hydrazine groups is 1. The number of rotatable bonds is 14. The minimum absolute atomic E-state index is 0.142. The van der Waals surface area contributed by atoms with Crippen LogP contribution in [0, 0.1) is 0 Å². The lowest BCUT2D eigenvalue weighted by Crippen LogP contribution is -2.29. The van der Waals surface area contributed by atoms with Crippen LogP contribution in [0.25, 0.3) is 0 Å². The molecule has 0 aromatic rings. The van der Waals surface area contributed by atoms with E-state index in [1.807, 2.05) is 0 Å². The van der Waals surface area contributed by atoms with E-state index in [-0.39, 0.29) is 5.91 Å². The minimum atomic E-state index is -0.142. The third kappa shape index (κ3) is 15.2. The average molecular weight is 278 g/mol. The Morgan fingerprint density at radius 1 is 0.895 bits per heavy atom. The Bertz CT molecular complexity index is 205. The van der Waals surface area contributed by atoms with Crippen LogP contribution in [0.4, 0.5) is 0 Å². The Labute approximate surface area is 114 Å². The summed E-state index contributed by atoms with van der Waals surface area (Å²) in [5, 5.41) is 0. The van der Waals surface area contributed by atoms with Gasteiger partial charge in [-0.15, -0.1) is 0 Å². The molecule has 0 unspecified atom stereocenters. The molecule has 1 amide bonds. The Balaban J connectivity index is 2.97. The van der Waals surface area contributed by atoms with Crippen molar-refractivity contribution >= 4 is 5.91 Å². The molecule has 0 aliphatic rings. The molecule has 0 aromatic heterocycles. The third-order valence-corrected chi connectivity index (χ3v) is 2.28. The number of nitrogens with two attached hydrogens (primary N) is 1. The van der Waals surface area contributed by atoms with Crippen molar-refractivity contribution in [2.75, 3.05) is 53.4 Å². The van der Waals surface area contributed by atoms with Crippen molar-refractivity contribution in [3.8, 4) is 0 Å². The lowest BCUT2D eigenvalue weighted by molar-refractivity contribution is -0.121. The summed E-state index contributed by atoms with van der Waals surface area (Å²) in [4.78, 5) is 10.8. The van der Waals surface area contributed by atoms with E-state index < -0.39 is 0 Å². The molecule has 0 aliphatic heterocycles. The summed E-state index contributed by atoms with van der Waals surface area (Å²) < 4.78 is 20.7. The van der Waals surface area contributed by atoms with Gasteiger partial charge in [0.2, 0.25) is 5.91 Å². The summed E-state index contributed by atoms with van der Waals surface area (Å²) in [7, 11) is 1.64. The van der Waals surface area contributed by atoms with Crippen molar-refractivity contribution in [2.45, 2.75) is 19.3 Å². The normalized spacial score (nSPS) is 10.6. The van der Waals surface area contributed by atoms with Crippen LogP contribution in [0.15, 0.2) is 0 Å². The fourth-order valence-electron chi connectivity index (χ4n) is 1.25. The minimum Gasteiger partial charge on any atom is -0.382 e. The molecule has 0 rings (SSSR count). The molecule has 0 aliphatic carbocycles. The Morgan fingerprint density at radius 3 is 1.95 bits per heavy atom. The summed E-state index contributed by atoms with van der Waals surface area (Å²) in [6.45, 7) is 4.06. The Morgan fingerprint density at radius 2 is 1.42 bits per heavy atom. The van der Waals surface area contributed by atoms with E-state index in [9.17, 15) is 4.79 Å². The summed E-state index contributed by atoms with van der Waals surface area (Å²) >= 11 is 0. The van der Waals surface area contributed by atoms with Crippen LogP contribution >= 0.6 is 0 Å². The molecule has 3 N–H and O–H groups in total. The zero-order chi connectivity index (χ0) is 14.2.